The molecule has 3 atom stereocenters. The lowest BCUT2D eigenvalue weighted by molar-refractivity contribution is 0.719. The zero-order valence-electron chi connectivity index (χ0n) is 28.9. The second-order valence-electron chi connectivity index (χ2n) is 13.7. The van der Waals surface area contributed by atoms with Crippen LogP contribution in [0.4, 0.5) is 5.69 Å². The third-order valence-corrected chi connectivity index (χ3v) is 15.2. The maximum absolute atomic E-state index is 4.94. The van der Waals surface area contributed by atoms with Crippen molar-refractivity contribution in [3.63, 3.8) is 0 Å². The van der Waals surface area contributed by atoms with Crippen molar-refractivity contribution in [3.8, 4) is 5.69 Å². The van der Waals surface area contributed by atoms with E-state index in [4.69, 9.17) is 4.98 Å². The highest BCUT2D eigenvalue weighted by Gasteiger charge is 2.41. The van der Waals surface area contributed by atoms with E-state index in [1.165, 1.54) is 37.5 Å². The van der Waals surface area contributed by atoms with E-state index < -0.39 is 10.0 Å². The Morgan fingerprint density at radius 1 is 0.706 bits per heavy atom. The number of nitrogens with zero attached hydrogens (tertiary/aromatic N) is 3. The Morgan fingerprint density at radius 3 is 2.25 bits per heavy atom. The van der Waals surface area contributed by atoms with E-state index in [0.29, 0.717) is 5.25 Å². The van der Waals surface area contributed by atoms with Gasteiger partial charge in [-0.25, -0.2) is 4.98 Å². The lowest BCUT2D eigenvalue weighted by Crippen LogP contribution is -2.34. The highest BCUT2D eigenvalue weighted by molar-refractivity contribution is 8.40. The van der Waals surface area contributed by atoms with E-state index in [9.17, 15) is 0 Å². The number of para-hydroxylation sites is 2. The van der Waals surface area contributed by atoms with Gasteiger partial charge >= 0.3 is 0 Å². The van der Waals surface area contributed by atoms with E-state index in [2.05, 4.69) is 179 Å². The van der Waals surface area contributed by atoms with Crippen LogP contribution >= 0.6 is 10.0 Å². The van der Waals surface area contributed by atoms with Gasteiger partial charge in [-0.3, -0.25) is 4.57 Å². The van der Waals surface area contributed by atoms with Gasteiger partial charge in [0.2, 0.25) is 0 Å². The first-order chi connectivity index (χ1) is 25.3. The molecule has 3 unspecified atom stereocenters. The van der Waals surface area contributed by atoms with Gasteiger partial charge in [0.15, 0.2) is 0 Å². The van der Waals surface area contributed by atoms with Crippen LogP contribution in [0.25, 0.3) is 27.6 Å². The van der Waals surface area contributed by atoms with Crippen molar-refractivity contribution >= 4 is 37.7 Å². The summed E-state index contributed by atoms with van der Waals surface area (Å²) in [6, 6.07) is 33.6. The third kappa shape index (κ3) is 5.59. The fourth-order valence-corrected chi connectivity index (χ4v) is 13.1. The number of hydrogen-bond donors (Lipinski definition) is 0. The molecule has 0 saturated heterocycles. The molecule has 0 aliphatic heterocycles. The molecular formula is C47H43N3S. The van der Waals surface area contributed by atoms with Crippen LogP contribution in [0, 0.1) is 0 Å². The molecule has 3 nitrogen and oxygen atoms in total. The van der Waals surface area contributed by atoms with Crippen molar-refractivity contribution in [2.45, 2.75) is 54.7 Å². The molecule has 2 heterocycles. The van der Waals surface area contributed by atoms with E-state index >= 15 is 0 Å². The van der Waals surface area contributed by atoms with Gasteiger partial charge in [0, 0.05) is 39.3 Å². The van der Waals surface area contributed by atoms with Gasteiger partial charge in [-0.2, -0.15) is 10.0 Å². The Morgan fingerprint density at radius 2 is 1.53 bits per heavy atom. The maximum Gasteiger partial charge on any atom is 0.145 e. The molecule has 4 heteroatoms. The lowest BCUT2D eigenvalue weighted by atomic mass is 10.0. The average Bonchev–Trinajstić information content (AvgIpc) is 3.55. The van der Waals surface area contributed by atoms with Crippen LogP contribution in [0.15, 0.2) is 197 Å². The van der Waals surface area contributed by atoms with Crippen LogP contribution in [-0.2, 0) is 0 Å². The second kappa shape index (κ2) is 13.8. The van der Waals surface area contributed by atoms with E-state index in [1.807, 2.05) is 6.20 Å². The molecule has 0 N–H and O–H groups in total. The number of hydrogen-bond acceptors (Lipinski definition) is 2. The van der Waals surface area contributed by atoms with Gasteiger partial charge in [-0.05, 0) is 114 Å². The van der Waals surface area contributed by atoms with Gasteiger partial charge in [0.05, 0.1) is 11.6 Å². The minimum absolute atomic E-state index is 0.255. The Hall–Kier alpha value is -5.32. The van der Waals surface area contributed by atoms with Crippen molar-refractivity contribution in [2.24, 2.45) is 0 Å². The third-order valence-electron chi connectivity index (χ3n) is 10.8. The minimum atomic E-state index is -1.66. The van der Waals surface area contributed by atoms with Crippen molar-refractivity contribution in [1.82, 2.24) is 9.55 Å². The standard InChI is InChI=1S/C47H43N3S/c1-6-17-36(18-7-1)49(37-19-8-2-9-20-37)39-28-30-42(31-29-39)51(40-23-12-4-13-24-40,41-25-14-5-15-26-41)43-32-33-46-45(35-43)44-27-16-34-48-47(44)50(46)38-21-10-3-11-22-38/h1-8,10-14,16-19,21-23,25,27-28,30-35,39-40H,9,15,20,24,26,29H2. The molecule has 51 heavy (non-hydrogen) atoms. The molecule has 0 saturated carbocycles. The number of aromatic nitrogens is 2. The fourth-order valence-electron chi connectivity index (χ4n) is 8.49. The Labute approximate surface area is 303 Å². The zero-order valence-corrected chi connectivity index (χ0v) is 29.7. The summed E-state index contributed by atoms with van der Waals surface area (Å²) in [6.45, 7) is 0. The zero-order chi connectivity index (χ0) is 34.0. The molecule has 2 aromatic heterocycles. The summed E-state index contributed by atoms with van der Waals surface area (Å²) >= 11 is 0. The predicted octanol–water partition coefficient (Wildman–Crippen LogP) is 12.4. The molecule has 4 aliphatic carbocycles. The lowest BCUT2D eigenvalue weighted by Gasteiger charge is -2.51. The number of rotatable bonds is 8. The van der Waals surface area contributed by atoms with Gasteiger partial charge < -0.3 is 4.90 Å². The van der Waals surface area contributed by atoms with E-state index in [-0.39, 0.29) is 6.04 Å². The molecule has 3 aromatic carbocycles. The summed E-state index contributed by atoms with van der Waals surface area (Å²) in [7, 11) is -1.66. The van der Waals surface area contributed by atoms with Crippen LogP contribution in [0.1, 0.15) is 38.5 Å². The van der Waals surface area contributed by atoms with Gasteiger partial charge in [-0.15, -0.1) is 0 Å². The SMILES string of the molecule is C1=CCCC(N(c2ccccc2)C2C=CC(S(C3=CC=CCC3)(c3ccc4c(c3)c3cccnc3n4-c3ccccc3)C3C=CC=CC3)=CC2)=C1. The molecule has 0 amide bonds. The Kier molecular flexibility index (Phi) is 8.54. The molecule has 9 rings (SSSR count). The van der Waals surface area contributed by atoms with Crippen molar-refractivity contribution in [3.05, 3.63) is 192 Å². The van der Waals surface area contributed by atoms with E-state index in [1.54, 1.807) is 4.91 Å². The number of benzene rings is 3. The monoisotopic (exact) mass is 681 g/mol. The molecule has 0 fully saturated rings. The smallest absolute Gasteiger partial charge is 0.145 e. The number of anilines is 1. The molecular weight excluding hydrogens is 639 g/mol. The second-order valence-corrected chi connectivity index (χ2v) is 17.1. The molecule has 0 radical (unpaired) electrons. The summed E-state index contributed by atoms with van der Waals surface area (Å²) in [5.74, 6) is 0. The first kappa shape index (κ1) is 31.6. The first-order valence-corrected chi connectivity index (χ1v) is 20.1. The first-order valence-electron chi connectivity index (χ1n) is 18.4. The highest BCUT2D eigenvalue weighted by Crippen LogP contribution is 2.74. The summed E-state index contributed by atoms with van der Waals surface area (Å²) in [4.78, 5) is 12.0. The summed E-state index contributed by atoms with van der Waals surface area (Å²) in [5.41, 5.74) is 5.99. The van der Waals surface area contributed by atoms with Crippen molar-refractivity contribution in [1.29, 1.82) is 0 Å². The Balaban J connectivity index is 1.22. The molecule has 5 aromatic rings. The molecule has 252 valence electrons. The van der Waals surface area contributed by atoms with Crippen molar-refractivity contribution in [2.75, 3.05) is 4.90 Å². The summed E-state index contributed by atoms with van der Waals surface area (Å²) in [6.07, 6.45) is 39.2. The largest absolute Gasteiger partial charge is 0.338 e. The number of pyridine rings is 1. The molecule has 4 aliphatic rings. The van der Waals surface area contributed by atoms with Gasteiger partial charge in [0.25, 0.3) is 0 Å². The quantitative estimate of drug-likeness (QED) is 0.163. The highest BCUT2D eigenvalue weighted by atomic mass is 32.3. The summed E-state index contributed by atoms with van der Waals surface area (Å²) in [5, 5.41) is 2.83. The predicted molar refractivity (Wildman–Crippen MR) is 219 cm³/mol. The van der Waals surface area contributed by atoms with Gasteiger partial charge in [0.1, 0.15) is 5.65 Å². The topological polar surface area (TPSA) is 21.1 Å². The normalized spacial score (nSPS) is 21.6. The summed E-state index contributed by atoms with van der Waals surface area (Å²) < 4.78 is 2.33. The average molecular weight is 682 g/mol. The van der Waals surface area contributed by atoms with Crippen LogP contribution in [0.2, 0.25) is 0 Å². The fraction of sp³-hybridized carbons (Fsp3) is 0.170. The van der Waals surface area contributed by atoms with Crippen LogP contribution in [-0.4, -0.2) is 20.8 Å². The van der Waals surface area contributed by atoms with Crippen LogP contribution < -0.4 is 4.90 Å². The molecule has 0 spiro atoms. The maximum atomic E-state index is 4.94. The van der Waals surface area contributed by atoms with Gasteiger partial charge in [-0.1, -0.05) is 109 Å². The van der Waals surface area contributed by atoms with Crippen LogP contribution in [0.3, 0.4) is 0 Å². The van der Waals surface area contributed by atoms with Crippen molar-refractivity contribution < 1.29 is 0 Å². The molecule has 0 bridgehead atoms. The van der Waals surface area contributed by atoms with E-state index in [0.717, 1.165) is 49.9 Å². The number of fused-ring (bicyclic) bond motifs is 3. The Bertz CT molecular complexity index is 2330. The van der Waals surface area contributed by atoms with Crippen LogP contribution in [0.5, 0.6) is 0 Å². The number of allylic oxidation sites excluding steroid dienone is 12. The minimum Gasteiger partial charge on any atom is -0.338 e.